The standard InChI is InChI=1S/C19H13Cl4N3O2S2/c20-11-1-6-17(23)18(10-11)25-19(29)24-14-2-4-16(5-3-14)30(27,28)26-15-8-12(21)7-13(22)9-15/h1-10,26H,(H2,24,25,29). The summed E-state index contributed by atoms with van der Waals surface area (Å²) in [6.45, 7) is 0. The summed E-state index contributed by atoms with van der Waals surface area (Å²) in [5.41, 5.74) is 1.39. The first-order chi connectivity index (χ1) is 14.1. The molecule has 30 heavy (non-hydrogen) atoms. The van der Waals surface area contributed by atoms with E-state index >= 15 is 0 Å². The maximum absolute atomic E-state index is 12.6. The van der Waals surface area contributed by atoms with Crippen LogP contribution in [0.25, 0.3) is 0 Å². The Morgan fingerprint density at radius 2 is 1.37 bits per heavy atom. The van der Waals surface area contributed by atoms with Gasteiger partial charge in [-0.3, -0.25) is 4.72 Å². The van der Waals surface area contributed by atoms with Crippen molar-refractivity contribution in [2.24, 2.45) is 0 Å². The lowest BCUT2D eigenvalue weighted by molar-refractivity contribution is 0.601. The van der Waals surface area contributed by atoms with Crippen molar-refractivity contribution < 1.29 is 8.42 Å². The minimum Gasteiger partial charge on any atom is -0.332 e. The van der Waals surface area contributed by atoms with Gasteiger partial charge in [0.25, 0.3) is 10.0 Å². The molecule has 0 saturated carbocycles. The van der Waals surface area contributed by atoms with Crippen LogP contribution in [0.4, 0.5) is 17.1 Å². The van der Waals surface area contributed by atoms with Gasteiger partial charge >= 0.3 is 0 Å². The summed E-state index contributed by atoms with van der Waals surface area (Å²) in [7, 11) is -3.83. The number of thiocarbonyl (C=S) groups is 1. The highest BCUT2D eigenvalue weighted by Crippen LogP contribution is 2.27. The molecule has 3 N–H and O–H groups in total. The normalized spacial score (nSPS) is 11.1. The van der Waals surface area contributed by atoms with Crippen LogP contribution in [0.5, 0.6) is 0 Å². The summed E-state index contributed by atoms with van der Waals surface area (Å²) in [4.78, 5) is 0.0564. The van der Waals surface area contributed by atoms with Crippen LogP contribution in [0.3, 0.4) is 0 Å². The first-order valence-electron chi connectivity index (χ1n) is 8.24. The van der Waals surface area contributed by atoms with E-state index in [1.165, 1.54) is 30.3 Å². The molecule has 11 heteroatoms. The molecule has 0 atom stereocenters. The third-order valence-corrected chi connectivity index (χ3v) is 6.32. The number of rotatable bonds is 5. The predicted molar refractivity (Wildman–Crippen MR) is 130 cm³/mol. The number of benzene rings is 3. The Morgan fingerprint density at radius 1 is 0.733 bits per heavy atom. The number of anilines is 3. The SMILES string of the molecule is O=S(=O)(Nc1cc(Cl)cc(Cl)c1)c1ccc(NC(=S)Nc2cc(Cl)ccc2Cl)cc1. The van der Waals surface area contributed by atoms with Crippen molar-refractivity contribution in [3.63, 3.8) is 0 Å². The van der Waals surface area contributed by atoms with Crippen molar-refractivity contribution in [3.8, 4) is 0 Å². The quantitative estimate of drug-likeness (QED) is 0.319. The number of sulfonamides is 1. The maximum Gasteiger partial charge on any atom is 0.261 e. The monoisotopic (exact) mass is 519 g/mol. The fraction of sp³-hybridized carbons (Fsp3) is 0. The van der Waals surface area contributed by atoms with E-state index < -0.39 is 10.0 Å². The van der Waals surface area contributed by atoms with Crippen molar-refractivity contribution in [3.05, 3.63) is 80.8 Å². The summed E-state index contributed by atoms with van der Waals surface area (Å²) >= 11 is 29.1. The Labute approximate surface area is 199 Å². The smallest absolute Gasteiger partial charge is 0.261 e. The molecule has 0 unspecified atom stereocenters. The Balaban J connectivity index is 1.69. The zero-order valence-corrected chi connectivity index (χ0v) is 19.6. The van der Waals surface area contributed by atoms with Crippen molar-refractivity contribution in [1.82, 2.24) is 0 Å². The molecule has 0 aromatic heterocycles. The molecule has 156 valence electrons. The van der Waals surface area contributed by atoms with E-state index in [4.69, 9.17) is 58.6 Å². The molecule has 3 aromatic carbocycles. The van der Waals surface area contributed by atoms with Crippen LogP contribution in [-0.2, 0) is 10.0 Å². The van der Waals surface area contributed by atoms with Crippen LogP contribution in [0.15, 0.2) is 65.6 Å². The highest BCUT2D eigenvalue weighted by Gasteiger charge is 2.15. The number of hydrogen-bond donors (Lipinski definition) is 3. The highest BCUT2D eigenvalue weighted by atomic mass is 35.5. The van der Waals surface area contributed by atoms with Gasteiger partial charge in [0.05, 0.1) is 21.3 Å². The van der Waals surface area contributed by atoms with Crippen LogP contribution >= 0.6 is 58.6 Å². The fourth-order valence-electron chi connectivity index (χ4n) is 2.42. The van der Waals surface area contributed by atoms with Crippen LogP contribution in [0.2, 0.25) is 20.1 Å². The predicted octanol–water partition coefficient (Wildman–Crippen LogP) is 6.91. The Morgan fingerprint density at radius 3 is 2.00 bits per heavy atom. The molecular weight excluding hydrogens is 508 g/mol. The van der Waals surface area contributed by atoms with Gasteiger partial charge in [-0.15, -0.1) is 0 Å². The minimum absolute atomic E-state index is 0.0564. The molecule has 0 saturated heterocycles. The van der Waals surface area contributed by atoms with Gasteiger partial charge in [0, 0.05) is 20.8 Å². The Bertz CT molecular complexity index is 1180. The molecule has 0 amide bonds. The number of nitrogens with one attached hydrogen (secondary N) is 3. The van der Waals surface area contributed by atoms with E-state index in [1.807, 2.05) is 0 Å². The van der Waals surface area contributed by atoms with Gasteiger partial charge in [-0.25, -0.2) is 8.42 Å². The van der Waals surface area contributed by atoms with Gasteiger partial charge < -0.3 is 10.6 Å². The molecule has 5 nitrogen and oxygen atoms in total. The lowest BCUT2D eigenvalue weighted by Crippen LogP contribution is -2.19. The molecule has 0 fully saturated rings. The molecular formula is C19H13Cl4N3O2S2. The lowest BCUT2D eigenvalue weighted by Gasteiger charge is -2.13. The average Bonchev–Trinajstić information content (AvgIpc) is 2.64. The van der Waals surface area contributed by atoms with E-state index in [2.05, 4.69) is 15.4 Å². The van der Waals surface area contributed by atoms with E-state index in [-0.39, 0.29) is 15.7 Å². The van der Waals surface area contributed by atoms with Gasteiger partial charge in [0.2, 0.25) is 0 Å². The van der Waals surface area contributed by atoms with Crippen molar-refractivity contribution in [2.45, 2.75) is 4.90 Å². The third kappa shape index (κ3) is 6.14. The molecule has 0 aliphatic rings. The third-order valence-electron chi connectivity index (χ3n) is 3.71. The second-order valence-electron chi connectivity index (χ2n) is 5.99. The summed E-state index contributed by atoms with van der Waals surface area (Å²) in [6, 6.07) is 15.4. The molecule has 3 aromatic rings. The van der Waals surface area contributed by atoms with Crippen LogP contribution in [0.1, 0.15) is 0 Å². The molecule has 0 spiro atoms. The second-order valence-corrected chi connectivity index (χ2v) is 9.80. The van der Waals surface area contributed by atoms with Crippen LogP contribution in [-0.4, -0.2) is 13.5 Å². The van der Waals surface area contributed by atoms with E-state index in [0.29, 0.717) is 31.5 Å². The van der Waals surface area contributed by atoms with Gasteiger partial charge in [-0.2, -0.15) is 0 Å². The zero-order valence-electron chi connectivity index (χ0n) is 14.9. The van der Waals surface area contributed by atoms with Crippen LogP contribution < -0.4 is 15.4 Å². The lowest BCUT2D eigenvalue weighted by atomic mass is 10.3. The van der Waals surface area contributed by atoms with Crippen LogP contribution in [0, 0.1) is 0 Å². The molecule has 0 heterocycles. The highest BCUT2D eigenvalue weighted by molar-refractivity contribution is 7.92. The zero-order chi connectivity index (χ0) is 21.9. The van der Waals surface area contributed by atoms with Crippen molar-refractivity contribution >= 4 is 90.8 Å². The molecule has 0 radical (unpaired) electrons. The van der Waals surface area contributed by atoms with Gasteiger partial charge in [0.15, 0.2) is 5.11 Å². The largest absolute Gasteiger partial charge is 0.332 e. The van der Waals surface area contributed by atoms with E-state index in [9.17, 15) is 8.42 Å². The summed E-state index contributed by atoms with van der Waals surface area (Å²) in [5, 5.41) is 7.75. The summed E-state index contributed by atoms with van der Waals surface area (Å²) in [5.74, 6) is 0. The van der Waals surface area contributed by atoms with Crippen molar-refractivity contribution in [1.29, 1.82) is 0 Å². The fourth-order valence-corrected chi connectivity index (χ4v) is 4.55. The minimum atomic E-state index is -3.83. The number of halogens is 4. The van der Waals surface area contributed by atoms with Gasteiger partial charge in [0.1, 0.15) is 0 Å². The van der Waals surface area contributed by atoms with Gasteiger partial charge in [-0.05, 0) is 72.9 Å². The Hall–Kier alpha value is -1.74. The summed E-state index contributed by atoms with van der Waals surface area (Å²) < 4.78 is 27.6. The molecule has 3 rings (SSSR count). The summed E-state index contributed by atoms with van der Waals surface area (Å²) in [6.07, 6.45) is 0. The van der Waals surface area contributed by atoms with Gasteiger partial charge in [-0.1, -0.05) is 46.4 Å². The second kappa shape index (κ2) is 9.60. The molecule has 0 aliphatic heterocycles. The first kappa shape index (κ1) is 22.9. The average molecular weight is 521 g/mol. The first-order valence-corrected chi connectivity index (χ1v) is 11.6. The van der Waals surface area contributed by atoms with E-state index in [1.54, 1.807) is 30.3 Å². The molecule has 0 bridgehead atoms. The number of hydrogen-bond acceptors (Lipinski definition) is 3. The topological polar surface area (TPSA) is 70.2 Å². The van der Waals surface area contributed by atoms with E-state index in [0.717, 1.165) is 0 Å². The van der Waals surface area contributed by atoms with Crippen molar-refractivity contribution in [2.75, 3.05) is 15.4 Å². The molecule has 0 aliphatic carbocycles. The maximum atomic E-state index is 12.6. The Kier molecular flexibility index (Phi) is 7.34.